The van der Waals surface area contributed by atoms with Gasteiger partial charge in [-0.2, -0.15) is 0 Å². The molecular formula is C55H39N3. The second kappa shape index (κ2) is 14.0. The molecule has 0 saturated heterocycles. The van der Waals surface area contributed by atoms with E-state index in [1.54, 1.807) is 0 Å². The summed E-state index contributed by atoms with van der Waals surface area (Å²) in [4.78, 5) is 10.3. The maximum absolute atomic E-state index is 5.19. The number of nitrogens with zero attached hydrogens (tertiary/aromatic N) is 3. The lowest BCUT2D eigenvalue weighted by atomic mass is 9.90. The lowest BCUT2D eigenvalue weighted by Crippen LogP contribution is -1.99. The second-order valence-electron chi connectivity index (χ2n) is 15.2. The molecule has 0 saturated carbocycles. The Morgan fingerprint density at radius 2 is 0.914 bits per heavy atom. The summed E-state index contributed by atoms with van der Waals surface area (Å²) in [6.07, 6.45) is 2.14. The van der Waals surface area contributed by atoms with Crippen molar-refractivity contribution < 1.29 is 0 Å². The molecule has 11 aromatic rings. The van der Waals surface area contributed by atoms with Crippen molar-refractivity contribution >= 4 is 54.3 Å². The third-order valence-electron chi connectivity index (χ3n) is 11.7. The van der Waals surface area contributed by atoms with Crippen LogP contribution in [0.1, 0.15) is 18.9 Å². The van der Waals surface area contributed by atoms with Crippen molar-refractivity contribution in [1.82, 2.24) is 14.5 Å². The highest BCUT2D eigenvalue weighted by atomic mass is 15.0. The van der Waals surface area contributed by atoms with Gasteiger partial charge in [-0.25, -0.2) is 9.97 Å². The van der Waals surface area contributed by atoms with E-state index >= 15 is 0 Å². The molecular weight excluding hydrogens is 703 g/mol. The summed E-state index contributed by atoms with van der Waals surface area (Å²) in [6, 6.07) is 70.2. The summed E-state index contributed by atoms with van der Waals surface area (Å²) < 4.78 is 2.52. The second-order valence-corrected chi connectivity index (χ2v) is 15.2. The van der Waals surface area contributed by atoms with E-state index < -0.39 is 0 Å². The van der Waals surface area contributed by atoms with Crippen LogP contribution in [-0.4, -0.2) is 14.5 Å². The van der Waals surface area contributed by atoms with Crippen LogP contribution in [0.3, 0.4) is 0 Å². The predicted octanol–water partition coefficient (Wildman–Crippen LogP) is 14.7. The van der Waals surface area contributed by atoms with E-state index in [0.29, 0.717) is 0 Å². The molecule has 0 N–H and O–H groups in total. The third kappa shape index (κ3) is 5.58. The van der Waals surface area contributed by atoms with Crippen LogP contribution in [0.15, 0.2) is 194 Å². The van der Waals surface area contributed by atoms with Crippen molar-refractivity contribution in [3.63, 3.8) is 0 Å². The molecule has 0 spiro atoms. The molecule has 58 heavy (non-hydrogen) atoms. The van der Waals surface area contributed by atoms with E-state index in [9.17, 15) is 0 Å². The highest BCUT2D eigenvalue weighted by Crippen LogP contribution is 2.45. The van der Waals surface area contributed by atoms with Gasteiger partial charge in [0, 0.05) is 38.1 Å². The first-order valence-electron chi connectivity index (χ1n) is 20.2. The van der Waals surface area contributed by atoms with Gasteiger partial charge < -0.3 is 4.57 Å². The Hall–Kier alpha value is -7.36. The number of hydrogen-bond donors (Lipinski definition) is 0. The minimum Gasteiger partial charge on any atom is -0.308 e. The molecule has 2 heterocycles. The number of hydrogen-bond acceptors (Lipinski definition) is 2. The Labute approximate surface area is 337 Å². The van der Waals surface area contributed by atoms with Gasteiger partial charge in [-0.3, -0.25) is 0 Å². The standard InChI is InChI=1S/C55H39N3/c1-2-16-36-27-31-50-46(33-36)47-34-41(40-28-30-49-48(35-40)53(38-19-8-4-9-20-38)57-55(56-49)39-21-10-5-11-22-39)29-32-51(47)58(50)54-44-25-14-12-23-42(44)52(37-17-6-3-7-18-37)43-24-13-15-26-45(43)54/h3-15,17-35H,2,16H2,1H3. The number of fused-ring (bicyclic) bond motifs is 6. The first-order chi connectivity index (χ1) is 28.7. The lowest BCUT2D eigenvalue weighted by Gasteiger charge is -2.19. The molecule has 0 bridgehead atoms. The Bertz CT molecular complexity index is 3270. The molecule has 3 nitrogen and oxygen atoms in total. The first-order valence-corrected chi connectivity index (χ1v) is 20.2. The maximum atomic E-state index is 5.19. The SMILES string of the molecule is CCCc1ccc2c(c1)c1cc(-c3ccc4nc(-c5ccccc5)nc(-c5ccccc5)c4c3)ccc1n2-c1c2ccccc2c(-c2ccccc2)c2ccccc12. The minimum absolute atomic E-state index is 0.730. The molecule has 0 amide bonds. The lowest BCUT2D eigenvalue weighted by molar-refractivity contribution is 0.923. The highest BCUT2D eigenvalue weighted by molar-refractivity contribution is 6.21. The van der Waals surface area contributed by atoms with E-state index in [0.717, 1.165) is 57.5 Å². The van der Waals surface area contributed by atoms with Gasteiger partial charge in [0.25, 0.3) is 0 Å². The predicted molar refractivity (Wildman–Crippen MR) is 245 cm³/mol. The van der Waals surface area contributed by atoms with Crippen molar-refractivity contribution in [3.05, 3.63) is 200 Å². The molecule has 2 aromatic heterocycles. The Morgan fingerprint density at radius 3 is 1.55 bits per heavy atom. The largest absolute Gasteiger partial charge is 0.308 e. The normalized spacial score (nSPS) is 11.7. The van der Waals surface area contributed by atoms with Crippen LogP contribution in [-0.2, 0) is 6.42 Å². The first kappa shape index (κ1) is 33.9. The summed E-state index contributed by atoms with van der Waals surface area (Å²) >= 11 is 0. The molecule has 9 aromatic carbocycles. The van der Waals surface area contributed by atoms with E-state index in [-0.39, 0.29) is 0 Å². The van der Waals surface area contributed by atoms with Gasteiger partial charge in [-0.1, -0.05) is 171 Å². The molecule has 274 valence electrons. The van der Waals surface area contributed by atoms with E-state index in [4.69, 9.17) is 9.97 Å². The molecule has 0 aliphatic carbocycles. The zero-order valence-corrected chi connectivity index (χ0v) is 32.2. The van der Waals surface area contributed by atoms with Crippen LogP contribution in [0, 0.1) is 0 Å². The van der Waals surface area contributed by atoms with Crippen LogP contribution in [0.5, 0.6) is 0 Å². The zero-order valence-electron chi connectivity index (χ0n) is 32.2. The quantitative estimate of drug-likeness (QED) is 0.152. The summed E-state index contributed by atoms with van der Waals surface area (Å²) in [5.74, 6) is 0.730. The Kier molecular flexibility index (Phi) is 8.18. The third-order valence-corrected chi connectivity index (χ3v) is 11.7. The Balaban J connectivity index is 1.16. The van der Waals surface area contributed by atoms with E-state index in [1.807, 2.05) is 18.2 Å². The number of aryl methyl sites for hydroxylation is 1. The Morgan fingerprint density at radius 1 is 0.397 bits per heavy atom. The topological polar surface area (TPSA) is 30.7 Å². The molecule has 0 aliphatic rings. The van der Waals surface area contributed by atoms with Crippen LogP contribution >= 0.6 is 0 Å². The fourth-order valence-corrected chi connectivity index (χ4v) is 9.04. The van der Waals surface area contributed by atoms with Crippen molar-refractivity contribution in [2.24, 2.45) is 0 Å². The minimum atomic E-state index is 0.730. The molecule has 0 radical (unpaired) electrons. The van der Waals surface area contributed by atoms with Gasteiger partial charge >= 0.3 is 0 Å². The molecule has 0 atom stereocenters. The van der Waals surface area contributed by atoms with Gasteiger partial charge in [0.15, 0.2) is 5.82 Å². The smallest absolute Gasteiger partial charge is 0.160 e. The molecule has 0 unspecified atom stereocenters. The van der Waals surface area contributed by atoms with Gasteiger partial charge in [-0.15, -0.1) is 0 Å². The number of rotatable bonds is 7. The summed E-state index contributed by atoms with van der Waals surface area (Å²) in [7, 11) is 0. The molecule has 11 rings (SSSR count). The average molecular weight is 742 g/mol. The number of aromatic nitrogens is 3. The fraction of sp³-hybridized carbons (Fsp3) is 0.0545. The zero-order chi connectivity index (χ0) is 38.6. The number of benzene rings is 9. The highest BCUT2D eigenvalue weighted by Gasteiger charge is 2.21. The van der Waals surface area contributed by atoms with Gasteiger partial charge in [0.05, 0.1) is 27.9 Å². The molecule has 0 aliphatic heterocycles. The van der Waals surface area contributed by atoms with Crippen LogP contribution < -0.4 is 0 Å². The van der Waals surface area contributed by atoms with Crippen molar-refractivity contribution in [1.29, 1.82) is 0 Å². The molecule has 0 fully saturated rings. The van der Waals surface area contributed by atoms with Crippen molar-refractivity contribution in [3.8, 4) is 50.6 Å². The van der Waals surface area contributed by atoms with Crippen LogP contribution in [0.4, 0.5) is 0 Å². The van der Waals surface area contributed by atoms with Crippen molar-refractivity contribution in [2.45, 2.75) is 19.8 Å². The van der Waals surface area contributed by atoms with Crippen LogP contribution in [0.2, 0.25) is 0 Å². The van der Waals surface area contributed by atoms with E-state index in [1.165, 1.54) is 65.7 Å². The van der Waals surface area contributed by atoms with E-state index in [2.05, 4.69) is 187 Å². The molecule has 3 heteroatoms. The average Bonchev–Trinajstić information content (AvgIpc) is 3.61. The summed E-state index contributed by atoms with van der Waals surface area (Å²) in [5, 5.41) is 8.51. The van der Waals surface area contributed by atoms with Gasteiger partial charge in [0.2, 0.25) is 0 Å². The summed E-state index contributed by atoms with van der Waals surface area (Å²) in [6.45, 7) is 2.26. The van der Waals surface area contributed by atoms with Crippen LogP contribution in [0.25, 0.3) is 105 Å². The monoisotopic (exact) mass is 741 g/mol. The van der Waals surface area contributed by atoms with Gasteiger partial charge in [-0.05, 0) is 81.4 Å². The summed E-state index contributed by atoms with van der Waals surface area (Å²) in [5.41, 5.74) is 13.7. The van der Waals surface area contributed by atoms with Gasteiger partial charge in [0.1, 0.15) is 0 Å². The maximum Gasteiger partial charge on any atom is 0.160 e. The van der Waals surface area contributed by atoms with Crippen molar-refractivity contribution in [2.75, 3.05) is 0 Å². The fourth-order valence-electron chi connectivity index (χ4n) is 9.04.